The summed E-state index contributed by atoms with van der Waals surface area (Å²) in [5, 5.41) is 8.74. The molecule has 2 heterocycles. The molecule has 0 aliphatic carbocycles. The Balaban J connectivity index is 2.38. The molecule has 0 fully saturated rings. The summed E-state index contributed by atoms with van der Waals surface area (Å²) in [5.74, 6) is -1.52. The molecule has 2 aromatic heterocycles. The molecule has 0 amide bonds. The molecular formula is C12H9NO5. The fourth-order valence-corrected chi connectivity index (χ4v) is 1.41. The van der Waals surface area contributed by atoms with Gasteiger partial charge in [0.1, 0.15) is 5.76 Å². The lowest BCUT2D eigenvalue weighted by atomic mass is 10.1. The SMILES string of the molecule is COC(=O)c1cncc(-c2ccc(C(=O)O)o2)c1. The molecule has 6 nitrogen and oxygen atoms in total. The van der Waals surface area contributed by atoms with E-state index in [9.17, 15) is 9.59 Å². The number of carbonyl (C=O) groups excluding carboxylic acids is 1. The van der Waals surface area contributed by atoms with Gasteiger partial charge in [0, 0.05) is 18.0 Å². The lowest BCUT2D eigenvalue weighted by Crippen LogP contribution is -2.01. The predicted molar refractivity (Wildman–Crippen MR) is 60.2 cm³/mol. The van der Waals surface area contributed by atoms with Crippen molar-refractivity contribution in [1.82, 2.24) is 4.98 Å². The van der Waals surface area contributed by atoms with Crippen LogP contribution in [0.15, 0.2) is 35.0 Å². The highest BCUT2D eigenvalue weighted by molar-refractivity contribution is 5.90. The molecule has 0 unspecified atom stereocenters. The predicted octanol–water partition coefficient (Wildman–Crippen LogP) is 1.83. The molecule has 0 spiro atoms. The number of hydrogen-bond acceptors (Lipinski definition) is 5. The van der Waals surface area contributed by atoms with E-state index in [4.69, 9.17) is 9.52 Å². The Hall–Kier alpha value is -2.63. The third-order valence-corrected chi connectivity index (χ3v) is 2.26. The Bertz CT molecular complexity index is 602. The molecule has 0 saturated carbocycles. The highest BCUT2D eigenvalue weighted by Crippen LogP contribution is 2.22. The van der Waals surface area contributed by atoms with Crippen molar-refractivity contribution < 1.29 is 23.8 Å². The Morgan fingerprint density at radius 3 is 2.72 bits per heavy atom. The van der Waals surface area contributed by atoms with E-state index in [1.165, 1.54) is 37.7 Å². The van der Waals surface area contributed by atoms with E-state index in [2.05, 4.69) is 9.72 Å². The number of carboxylic acid groups (broad SMARTS) is 1. The molecule has 6 heteroatoms. The van der Waals surface area contributed by atoms with Crippen molar-refractivity contribution in [3.8, 4) is 11.3 Å². The van der Waals surface area contributed by atoms with Gasteiger partial charge in [0.2, 0.25) is 5.76 Å². The van der Waals surface area contributed by atoms with E-state index in [0.29, 0.717) is 11.3 Å². The van der Waals surface area contributed by atoms with Crippen LogP contribution in [0.2, 0.25) is 0 Å². The van der Waals surface area contributed by atoms with Gasteiger partial charge in [-0.3, -0.25) is 4.98 Å². The fraction of sp³-hybridized carbons (Fsp3) is 0.0833. The third-order valence-electron chi connectivity index (χ3n) is 2.26. The van der Waals surface area contributed by atoms with Crippen molar-refractivity contribution in [2.24, 2.45) is 0 Å². The fourth-order valence-electron chi connectivity index (χ4n) is 1.41. The standard InChI is InChI=1S/C12H9NO5/c1-17-12(16)8-4-7(5-13-6-8)9-2-3-10(18-9)11(14)15/h2-6H,1H3,(H,14,15). The maximum Gasteiger partial charge on any atom is 0.371 e. The topological polar surface area (TPSA) is 89.6 Å². The summed E-state index contributed by atoms with van der Waals surface area (Å²) in [7, 11) is 1.27. The van der Waals surface area contributed by atoms with E-state index >= 15 is 0 Å². The molecule has 0 aromatic carbocycles. The average molecular weight is 247 g/mol. The second-order valence-corrected chi connectivity index (χ2v) is 3.42. The first-order valence-corrected chi connectivity index (χ1v) is 4.98. The van der Waals surface area contributed by atoms with Crippen molar-refractivity contribution in [3.05, 3.63) is 41.9 Å². The zero-order valence-electron chi connectivity index (χ0n) is 9.41. The normalized spacial score (nSPS) is 10.1. The Labute approximate surface area is 102 Å². The van der Waals surface area contributed by atoms with Crippen molar-refractivity contribution >= 4 is 11.9 Å². The lowest BCUT2D eigenvalue weighted by molar-refractivity contribution is 0.0598. The summed E-state index contributed by atoms with van der Waals surface area (Å²) in [6.07, 6.45) is 2.83. The van der Waals surface area contributed by atoms with Crippen LogP contribution in [-0.4, -0.2) is 29.1 Å². The van der Waals surface area contributed by atoms with E-state index < -0.39 is 11.9 Å². The van der Waals surface area contributed by atoms with Gasteiger partial charge in [0.25, 0.3) is 0 Å². The maximum absolute atomic E-state index is 11.3. The first kappa shape index (κ1) is 11.8. The number of nitrogens with zero attached hydrogens (tertiary/aromatic N) is 1. The van der Waals surface area contributed by atoms with Crippen LogP contribution in [0.1, 0.15) is 20.9 Å². The molecule has 18 heavy (non-hydrogen) atoms. The highest BCUT2D eigenvalue weighted by atomic mass is 16.5. The second kappa shape index (κ2) is 4.70. The monoisotopic (exact) mass is 247 g/mol. The van der Waals surface area contributed by atoms with Gasteiger partial charge in [-0.05, 0) is 18.2 Å². The summed E-state index contributed by atoms with van der Waals surface area (Å²) in [5.41, 5.74) is 0.772. The number of furan rings is 1. The number of ether oxygens (including phenoxy) is 1. The van der Waals surface area contributed by atoms with Crippen LogP contribution in [0.5, 0.6) is 0 Å². The number of esters is 1. The van der Waals surface area contributed by atoms with Gasteiger partial charge in [-0.1, -0.05) is 0 Å². The summed E-state index contributed by atoms with van der Waals surface area (Å²) in [4.78, 5) is 25.9. The number of carbonyl (C=O) groups is 2. The van der Waals surface area contributed by atoms with E-state index in [1.54, 1.807) is 0 Å². The minimum Gasteiger partial charge on any atom is -0.475 e. The van der Waals surface area contributed by atoms with Crippen molar-refractivity contribution in [3.63, 3.8) is 0 Å². The van der Waals surface area contributed by atoms with Crippen LogP contribution < -0.4 is 0 Å². The Morgan fingerprint density at radius 1 is 1.33 bits per heavy atom. The lowest BCUT2D eigenvalue weighted by Gasteiger charge is -2.00. The molecule has 2 aromatic rings. The van der Waals surface area contributed by atoms with Gasteiger partial charge < -0.3 is 14.3 Å². The number of methoxy groups -OCH3 is 1. The van der Waals surface area contributed by atoms with Crippen LogP contribution >= 0.6 is 0 Å². The number of rotatable bonds is 3. The minimum absolute atomic E-state index is 0.173. The van der Waals surface area contributed by atoms with Crippen LogP contribution in [0.25, 0.3) is 11.3 Å². The van der Waals surface area contributed by atoms with Gasteiger partial charge in [-0.25, -0.2) is 9.59 Å². The van der Waals surface area contributed by atoms with E-state index in [1.807, 2.05) is 0 Å². The molecular weight excluding hydrogens is 238 g/mol. The van der Waals surface area contributed by atoms with Crippen molar-refractivity contribution in [2.45, 2.75) is 0 Å². The van der Waals surface area contributed by atoms with Gasteiger partial charge >= 0.3 is 11.9 Å². The largest absolute Gasteiger partial charge is 0.475 e. The second-order valence-electron chi connectivity index (χ2n) is 3.42. The zero-order chi connectivity index (χ0) is 13.1. The van der Waals surface area contributed by atoms with E-state index in [0.717, 1.165) is 0 Å². The molecule has 0 aliphatic heterocycles. The third kappa shape index (κ3) is 2.22. The number of aromatic nitrogens is 1. The van der Waals surface area contributed by atoms with E-state index in [-0.39, 0.29) is 11.3 Å². The quantitative estimate of drug-likeness (QED) is 0.832. The number of pyridine rings is 1. The van der Waals surface area contributed by atoms with Crippen LogP contribution in [-0.2, 0) is 4.74 Å². The molecule has 2 rings (SSSR count). The van der Waals surface area contributed by atoms with Crippen molar-refractivity contribution in [1.29, 1.82) is 0 Å². The minimum atomic E-state index is -1.15. The molecule has 0 radical (unpaired) electrons. The molecule has 92 valence electrons. The molecule has 0 atom stereocenters. The van der Waals surface area contributed by atoms with Gasteiger partial charge in [0.15, 0.2) is 0 Å². The molecule has 1 N–H and O–H groups in total. The summed E-state index contributed by atoms with van der Waals surface area (Å²) < 4.78 is 9.67. The van der Waals surface area contributed by atoms with Crippen LogP contribution in [0, 0.1) is 0 Å². The number of hydrogen-bond donors (Lipinski definition) is 1. The Morgan fingerprint density at radius 2 is 2.11 bits per heavy atom. The van der Waals surface area contributed by atoms with Crippen LogP contribution in [0.4, 0.5) is 0 Å². The van der Waals surface area contributed by atoms with Gasteiger partial charge in [0.05, 0.1) is 12.7 Å². The Kier molecular flexibility index (Phi) is 3.09. The van der Waals surface area contributed by atoms with Gasteiger partial charge in [-0.2, -0.15) is 0 Å². The molecule has 0 saturated heterocycles. The smallest absolute Gasteiger partial charge is 0.371 e. The number of carboxylic acids is 1. The summed E-state index contributed by atoms with van der Waals surface area (Å²) in [6, 6.07) is 4.35. The van der Waals surface area contributed by atoms with Crippen LogP contribution in [0.3, 0.4) is 0 Å². The highest BCUT2D eigenvalue weighted by Gasteiger charge is 2.13. The first-order chi connectivity index (χ1) is 8.61. The number of aromatic carboxylic acids is 1. The van der Waals surface area contributed by atoms with Crippen molar-refractivity contribution in [2.75, 3.05) is 7.11 Å². The maximum atomic E-state index is 11.3. The zero-order valence-corrected chi connectivity index (χ0v) is 9.41. The molecule has 0 aliphatic rings. The average Bonchev–Trinajstić information content (AvgIpc) is 2.88. The molecule has 0 bridgehead atoms. The summed E-state index contributed by atoms with van der Waals surface area (Å²) >= 11 is 0. The van der Waals surface area contributed by atoms with Gasteiger partial charge in [-0.15, -0.1) is 0 Å². The first-order valence-electron chi connectivity index (χ1n) is 4.98. The summed E-state index contributed by atoms with van der Waals surface area (Å²) in [6.45, 7) is 0.